The van der Waals surface area contributed by atoms with E-state index < -0.39 is 15.9 Å². The van der Waals surface area contributed by atoms with Gasteiger partial charge >= 0.3 is 10.1 Å². The lowest BCUT2D eigenvalue weighted by Crippen LogP contribution is -2.19. The van der Waals surface area contributed by atoms with Crippen molar-refractivity contribution in [3.63, 3.8) is 0 Å². The lowest BCUT2D eigenvalue weighted by molar-refractivity contribution is -0.0367. The van der Waals surface area contributed by atoms with Crippen molar-refractivity contribution >= 4 is 27.3 Å². The molecule has 1 aliphatic heterocycles. The molecule has 2 aromatic carbocycles. The number of aromatic nitrogens is 2. The molecule has 7 nitrogen and oxygen atoms in total. The fraction of sp³-hybridized carbons (Fsp3) is 0.300. The molecule has 2 heterocycles. The minimum Gasteiger partial charge on any atom is -0.382 e. The standard InChI is InChI=1S/C20H19FN2O5S/c1-29(25,26)28-19-11-14(21)6-7-15(19)13-5-8-18-16(10-13)17(12-24)22-23(18)20-4-2-3-9-27-20/h5-8,10-12,20H,2-4,9H2,1H3. The van der Waals surface area contributed by atoms with Gasteiger partial charge in [-0.3, -0.25) is 4.79 Å². The third-order valence-corrected chi connectivity index (χ3v) is 5.25. The largest absolute Gasteiger partial charge is 0.382 e. The van der Waals surface area contributed by atoms with Crippen LogP contribution in [0.15, 0.2) is 36.4 Å². The normalized spacial score (nSPS) is 17.4. The molecule has 9 heteroatoms. The van der Waals surface area contributed by atoms with E-state index in [1.54, 1.807) is 22.9 Å². The first-order valence-electron chi connectivity index (χ1n) is 9.14. The van der Waals surface area contributed by atoms with Gasteiger partial charge in [-0.15, -0.1) is 0 Å². The second kappa shape index (κ2) is 7.57. The summed E-state index contributed by atoms with van der Waals surface area (Å²) in [7, 11) is -3.85. The van der Waals surface area contributed by atoms with Gasteiger partial charge in [0.1, 0.15) is 11.5 Å². The van der Waals surface area contributed by atoms with Gasteiger partial charge in [0, 0.05) is 23.6 Å². The van der Waals surface area contributed by atoms with E-state index in [2.05, 4.69) is 5.10 Å². The third-order valence-electron chi connectivity index (χ3n) is 4.77. The number of carbonyl (C=O) groups excluding carboxylic acids is 1. The molecule has 0 bridgehead atoms. The van der Waals surface area contributed by atoms with E-state index in [0.29, 0.717) is 29.4 Å². The Hall–Kier alpha value is -2.78. The monoisotopic (exact) mass is 418 g/mol. The van der Waals surface area contributed by atoms with Crippen molar-refractivity contribution < 1.29 is 26.5 Å². The molecular formula is C20H19FN2O5S. The molecule has 1 atom stereocenters. The average Bonchev–Trinajstić information content (AvgIpc) is 3.05. The molecule has 3 aromatic rings. The van der Waals surface area contributed by atoms with E-state index in [4.69, 9.17) is 8.92 Å². The number of fused-ring (bicyclic) bond motifs is 1. The van der Waals surface area contributed by atoms with Crippen molar-refractivity contribution in [2.75, 3.05) is 12.9 Å². The van der Waals surface area contributed by atoms with Gasteiger partial charge < -0.3 is 8.92 Å². The summed E-state index contributed by atoms with van der Waals surface area (Å²) in [5, 5.41) is 5.00. The summed E-state index contributed by atoms with van der Waals surface area (Å²) in [6.45, 7) is 0.641. The number of carbonyl (C=O) groups is 1. The number of ether oxygens (including phenoxy) is 1. The van der Waals surface area contributed by atoms with Gasteiger partial charge in [-0.25, -0.2) is 9.07 Å². The zero-order valence-electron chi connectivity index (χ0n) is 15.7. The van der Waals surface area contributed by atoms with Crippen LogP contribution >= 0.6 is 0 Å². The van der Waals surface area contributed by atoms with Gasteiger partial charge in [-0.05, 0) is 49.1 Å². The third kappa shape index (κ3) is 4.01. The minimum absolute atomic E-state index is 0.123. The highest BCUT2D eigenvalue weighted by Gasteiger charge is 2.22. The van der Waals surface area contributed by atoms with Gasteiger partial charge in [0.15, 0.2) is 18.3 Å². The van der Waals surface area contributed by atoms with Gasteiger partial charge in [0.05, 0.1) is 11.8 Å². The topological polar surface area (TPSA) is 87.5 Å². The highest BCUT2D eigenvalue weighted by atomic mass is 32.2. The van der Waals surface area contributed by atoms with Crippen molar-refractivity contribution in [2.24, 2.45) is 0 Å². The number of aldehydes is 1. The summed E-state index contributed by atoms with van der Waals surface area (Å²) < 4.78 is 49.3. The SMILES string of the molecule is CS(=O)(=O)Oc1cc(F)ccc1-c1ccc2c(c1)c(C=O)nn2C1CCCCO1. The van der Waals surface area contributed by atoms with Gasteiger partial charge in [0.2, 0.25) is 0 Å². The lowest BCUT2D eigenvalue weighted by atomic mass is 10.0. The van der Waals surface area contributed by atoms with E-state index in [1.807, 2.05) is 0 Å². The van der Waals surface area contributed by atoms with E-state index >= 15 is 0 Å². The van der Waals surface area contributed by atoms with Gasteiger partial charge in [-0.1, -0.05) is 6.07 Å². The van der Waals surface area contributed by atoms with E-state index in [1.165, 1.54) is 12.1 Å². The molecule has 0 spiro atoms. The Morgan fingerprint density at radius 3 is 2.76 bits per heavy atom. The van der Waals surface area contributed by atoms with Crippen LogP contribution in [0.3, 0.4) is 0 Å². The number of benzene rings is 2. The first-order valence-corrected chi connectivity index (χ1v) is 11.0. The van der Waals surface area contributed by atoms with E-state index in [0.717, 1.165) is 37.1 Å². The zero-order valence-corrected chi connectivity index (χ0v) is 16.5. The van der Waals surface area contributed by atoms with Crippen molar-refractivity contribution in [3.05, 3.63) is 47.9 Å². The fourth-order valence-electron chi connectivity index (χ4n) is 3.52. The van der Waals surface area contributed by atoms with E-state index in [-0.39, 0.29) is 17.7 Å². The molecule has 29 heavy (non-hydrogen) atoms. The van der Waals surface area contributed by atoms with Crippen LogP contribution in [-0.2, 0) is 14.9 Å². The van der Waals surface area contributed by atoms with Crippen LogP contribution in [0.2, 0.25) is 0 Å². The molecule has 0 aliphatic carbocycles. The number of hydrogen-bond acceptors (Lipinski definition) is 6. The first-order chi connectivity index (χ1) is 13.9. The molecular weight excluding hydrogens is 399 g/mol. The predicted octanol–water partition coefficient (Wildman–Crippen LogP) is 3.69. The Balaban J connectivity index is 1.83. The number of halogens is 1. The Kier molecular flexibility index (Phi) is 5.10. The van der Waals surface area contributed by atoms with Gasteiger partial charge in [-0.2, -0.15) is 13.5 Å². The van der Waals surface area contributed by atoms with Crippen LogP contribution < -0.4 is 4.18 Å². The second-order valence-corrected chi connectivity index (χ2v) is 8.50. The first kappa shape index (κ1) is 19.5. The Labute approximate surface area is 167 Å². The number of nitrogens with zero attached hydrogens (tertiary/aromatic N) is 2. The minimum atomic E-state index is -3.85. The maximum atomic E-state index is 13.7. The van der Waals surface area contributed by atoms with Crippen LogP contribution in [0.5, 0.6) is 5.75 Å². The van der Waals surface area contributed by atoms with Crippen molar-refractivity contribution in [2.45, 2.75) is 25.5 Å². The zero-order chi connectivity index (χ0) is 20.6. The quantitative estimate of drug-likeness (QED) is 0.464. The predicted molar refractivity (Wildman–Crippen MR) is 105 cm³/mol. The summed E-state index contributed by atoms with van der Waals surface area (Å²) in [6.07, 6.45) is 4.14. The molecule has 1 aliphatic rings. The average molecular weight is 418 g/mol. The highest BCUT2D eigenvalue weighted by molar-refractivity contribution is 7.86. The molecule has 0 amide bonds. The molecule has 0 saturated carbocycles. The van der Waals surface area contributed by atoms with Gasteiger partial charge in [0.25, 0.3) is 0 Å². The van der Waals surface area contributed by atoms with Crippen molar-refractivity contribution in [1.29, 1.82) is 0 Å². The molecule has 152 valence electrons. The van der Waals surface area contributed by atoms with Crippen molar-refractivity contribution in [1.82, 2.24) is 9.78 Å². The Morgan fingerprint density at radius 1 is 1.24 bits per heavy atom. The highest BCUT2D eigenvalue weighted by Crippen LogP contribution is 2.35. The summed E-state index contributed by atoms with van der Waals surface area (Å²) in [5.74, 6) is -0.744. The second-order valence-electron chi connectivity index (χ2n) is 6.93. The molecule has 0 radical (unpaired) electrons. The molecule has 1 fully saturated rings. The maximum Gasteiger partial charge on any atom is 0.306 e. The smallest absolute Gasteiger partial charge is 0.306 e. The molecule has 1 aromatic heterocycles. The Bertz CT molecular complexity index is 1180. The molecule has 4 rings (SSSR count). The fourth-order valence-corrected chi connectivity index (χ4v) is 3.99. The van der Waals surface area contributed by atoms with Crippen LogP contribution in [0, 0.1) is 5.82 Å². The summed E-state index contributed by atoms with van der Waals surface area (Å²) in [4.78, 5) is 11.6. The van der Waals surface area contributed by atoms with Crippen LogP contribution in [0.25, 0.3) is 22.0 Å². The van der Waals surface area contributed by atoms with Crippen LogP contribution in [0.4, 0.5) is 4.39 Å². The van der Waals surface area contributed by atoms with Crippen LogP contribution in [0.1, 0.15) is 36.0 Å². The molecule has 0 N–H and O–H groups in total. The summed E-state index contributed by atoms with van der Waals surface area (Å²) >= 11 is 0. The van der Waals surface area contributed by atoms with Crippen LogP contribution in [-0.4, -0.2) is 37.3 Å². The molecule has 1 unspecified atom stereocenters. The Morgan fingerprint density at radius 2 is 2.07 bits per heavy atom. The summed E-state index contributed by atoms with van der Waals surface area (Å²) in [5.41, 5.74) is 1.94. The maximum absolute atomic E-state index is 13.7. The molecule has 1 saturated heterocycles. The summed E-state index contributed by atoms with van der Waals surface area (Å²) in [6, 6.07) is 8.92. The van der Waals surface area contributed by atoms with E-state index in [9.17, 15) is 17.6 Å². The lowest BCUT2D eigenvalue weighted by Gasteiger charge is -2.23. The number of hydrogen-bond donors (Lipinski definition) is 0. The number of rotatable bonds is 5. The van der Waals surface area contributed by atoms with Crippen molar-refractivity contribution in [3.8, 4) is 16.9 Å².